The van der Waals surface area contributed by atoms with Crippen LogP contribution < -0.4 is 10.1 Å². The molecule has 3 aromatic carbocycles. The summed E-state index contributed by atoms with van der Waals surface area (Å²) in [5.74, 6) is -0.166. The van der Waals surface area contributed by atoms with E-state index < -0.39 is 22.6 Å². The smallest absolute Gasteiger partial charge is 0.416 e. The molecule has 0 aliphatic rings. The Bertz CT molecular complexity index is 1520. The molecule has 41 heavy (non-hydrogen) atoms. The molecular formula is C28H24F3N5O5. The first-order valence-electron chi connectivity index (χ1n) is 12.3. The summed E-state index contributed by atoms with van der Waals surface area (Å²) in [6.07, 6.45) is -1.66. The molecule has 0 saturated carbocycles. The van der Waals surface area contributed by atoms with Crippen molar-refractivity contribution in [2.75, 3.05) is 25.1 Å². The van der Waals surface area contributed by atoms with Crippen molar-refractivity contribution < 1.29 is 32.4 Å². The first-order chi connectivity index (χ1) is 19.6. The number of ether oxygens (including phenoxy) is 2. The van der Waals surface area contributed by atoms with Gasteiger partial charge >= 0.3 is 12.2 Å². The highest BCUT2D eigenvalue weighted by Gasteiger charge is 2.30. The number of alkyl halides is 3. The van der Waals surface area contributed by atoms with E-state index in [1.54, 1.807) is 24.3 Å². The van der Waals surface area contributed by atoms with Gasteiger partial charge in [-0.25, -0.2) is 4.68 Å². The maximum Gasteiger partial charge on any atom is 0.416 e. The zero-order valence-corrected chi connectivity index (χ0v) is 21.7. The van der Waals surface area contributed by atoms with Crippen molar-refractivity contribution in [3.63, 3.8) is 0 Å². The number of hydrogen-bond donors (Lipinski definition) is 1. The topological polar surface area (TPSA) is 121 Å². The number of hydrogen-bond acceptors (Lipinski definition) is 7. The number of nitrogens with one attached hydrogen (secondary N) is 1. The number of carbonyl (C=O) groups excluding carboxylic acids is 1. The van der Waals surface area contributed by atoms with Gasteiger partial charge in [-0.3, -0.25) is 14.9 Å². The van der Waals surface area contributed by atoms with E-state index >= 15 is 0 Å². The second kappa shape index (κ2) is 12.9. The fourth-order valence-electron chi connectivity index (χ4n) is 3.61. The van der Waals surface area contributed by atoms with Gasteiger partial charge < -0.3 is 14.8 Å². The summed E-state index contributed by atoms with van der Waals surface area (Å²) in [5, 5.41) is 17.8. The normalized spacial score (nSPS) is 11.5. The van der Waals surface area contributed by atoms with Gasteiger partial charge in [-0.2, -0.15) is 18.2 Å². The fourth-order valence-corrected chi connectivity index (χ4v) is 3.61. The van der Waals surface area contributed by atoms with Crippen LogP contribution in [0.25, 0.3) is 23.2 Å². The minimum atomic E-state index is -4.48. The van der Waals surface area contributed by atoms with E-state index in [0.717, 1.165) is 12.1 Å². The molecule has 0 spiro atoms. The number of anilines is 1. The summed E-state index contributed by atoms with van der Waals surface area (Å²) >= 11 is 0. The monoisotopic (exact) mass is 567 g/mol. The predicted molar refractivity (Wildman–Crippen MR) is 145 cm³/mol. The van der Waals surface area contributed by atoms with Crippen molar-refractivity contribution in [2.24, 2.45) is 0 Å². The largest absolute Gasteiger partial charge is 0.460 e. The first kappa shape index (κ1) is 29.0. The molecule has 1 heterocycles. The molecule has 13 heteroatoms. The quantitative estimate of drug-likeness (QED) is 0.103. The lowest BCUT2D eigenvalue weighted by molar-refractivity contribution is -0.384. The van der Waals surface area contributed by atoms with Crippen LogP contribution in [0.5, 0.6) is 6.01 Å². The van der Waals surface area contributed by atoms with Crippen LogP contribution in [0.4, 0.5) is 24.5 Å². The number of rotatable bonds is 11. The van der Waals surface area contributed by atoms with Crippen LogP contribution in [0.2, 0.25) is 0 Å². The van der Waals surface area contributed by atoms with Crippen LogP contribution in [-0.4, -0.2) is 45.4 Å². The number of non-ortho nitro benzene ring substituents is 1. The number of amides is 1. The van der Waals surface area contributed by atoms with Gasteiger partial charge in [-0.1, -0.05) is 12.1 Å². The highest BCUT2D eigenvalue weighted by molar-refractivity contribution is 6.02. The molecule has 0 radical (unpaired) electrons. The minimum absolute atomic E-state index is 0.0216. The van der Waals surface area contributed by atoms with Crippen LogP contribution in [0.15, 0.2) is 78.9 Å². The Morgan fingerprint density at radius 1 is 1.02 bits per heavy atom. The molecule has 0 saturated heterocycles. The van der Waals surface area contributed by atoms with E-state index in [2.05, 4.69) is 15.4 Å². The number of halogens is 3. The van der Waals surface area contributed by atoms with Crippen molar-refractivity contribution in [1.29, 1.82) is 0 Å². The summed E-state index contributed by atoms with van der Waals surface area (Å²) in [4.78, 5) is 27.0. The molecule has 212 valence electrons. The molecule has 0 unspecified atom stereocenters. The van der Waals surface area contributed by atoms with E-state index in [9.17, 15) is 28.1 Å². The Hall–Kier alpha value is -5.04. The van der Waals surface area contributed by atoms with E-state index in [-0.39, 0.29) is 24.1 Å². The molecule has 1 N–H and O–H groups in total. The number of nitro groups is 1. The van der Waals surface area contributed by atoms with Crippen molar-refractivity contribution in [1.82, 2.24) is 14.8 Å². The first-order valence-corrected chi connectivity index (χ1v) is 12.3. The van der Waals surface area contributed by atoms with Gasteiger partial charge in [0.05, 0.1) is 22.8 Å². The van der Waals surface area contributed by atoms with Crippen LogP contribution >= 0.6 is 0 Å². The molecule has 10 nitrogen and oxygen atoms in total. The molecule has 0 bridgehead atoms. The molecule has 1 amide bonds. The van der Waals surface area contributed by atoms with Gasteiger partial charge in [0.1, 0.15) is 6.61 Å². The summed E-state index contributed by atoms with van der Waals surface area (Å²) in [5.41, 5.74) is 1.15. The standard InChI is InChI=1S/C28H24F3N5O5/c1-2-40-17-18-41-27-33-26(20-6-8-21(9-7-20)28(29,30)31)35(34-27)23-14-10-22(11-15-23)32-25(37)16-5-19-3-12-24(13-4-19)36(38)39/h3-16H,2,17-18H2,1H3,(H,32,37). The fraction of sp³-hybridized carbons (Fsp3) is 0.179. The van der Waals surface area contributed by atoms with Crippen LogP contribution in [0.1, 0.15) is 18.1 Å². The third-order valence-corrected chi connectivity index (χ3v) is 5.63. The van der Waals surface area contributed by atoms with Gasteiger partial charge in [-0.15, -0.1) is 5.10 Å². The Balaban J connectivity index is 1.51. The van der Waals surface area contributed by atoms with E-state index in [0.29, 0.717) is 35.7 Å². The lowest BCUT2D eigenvalue weighted by atomic mass is 10.1. The molecule has 4 rings (SSSR count). The average Bonchev–Trinajstić information content (AvgIpc) is 3.38. The molecule has 0 fully saturated rings. The molecule has 0 aliphatic heterocycles. The summed E-state index contributed by atoms with van der Waals surface area (Å²) in [6.45, 7) is 2.85. The average molecular weight is 568 g/mol. The highest BCUT2D eigenvalue weighted by atomic mass is 19.4. The number of nitro benzene ring substituents is 1. The third kappa shape index (κ3) is 7.76. The van der Waals surface area contributed by atoms with Gasteiger partial charge in [0.15, 0.2) is 5.82 Å². The minimum Gasteiger partial charge on any atom is -0.460 e. The second-order valence-corrected chi connectivity index (χ2v) is 8.47. The van der Waals surface area contributed by atoms with Crippen molar-refractivity contribution >= 4 is 23.4 Å². The third-order valence-electron chi connectivity index (χ3n) is 5.63. The number of aromatic nitrogens is 3. The van der Waals surface area contributed by atoms with E-state index in [4.69, 9.17) is 9.47 Å². The van der Waals surface area contributed by atoms with Gasteiger partial charge in [-0.05, 0) is 67.1 Å². The van der Waals surface area contributed by atoms with Gasteiger partial charge in [0.25, 0.3) is 5.69 Å². The number of carbonyl (C=O) groups is 1. The molecule has 0 aliphatic carbocycles. The van der Waals surface area contributed by atoms with Crippen molar-refractivity contribution in [3.05, 3.63) is 100 Å². The van der Waals surface area contributed by atoms with Crippen LogP contribution in [0.3, 0.4) is 0 Å². The Labute approximate surface area is 232 Å². The zero-order chi connectivity index (χ0) is 29.4. The Morgan fingerprint density at radius 2 is 1.71 bits per heavy atom. The van der Waals surface area contributed by atoms with Crippen molar-refractivity contribution in [3.8, 4) is 23.1 Å². The predicted octanol–water partition coefficient (Wildman–Crippen LogP) is 5.93. The number of benzene rings is 3. The number of nitrogens with zero attached hydrogens (tertiary/aromatic N) is 4. The molecule has 4 aromatic rings. The molecular weight excluding hydrogens is 543 g/mol. The second-order valence-electron chi connectivity index (χ2n) is 8.47. The summed E-state index contributed by atoms with van der Waals surface area (Å²) in [6, 6.07) is 16.9. The maximum atomic E-state index is 13.1. The summed E-state index contributed by atoms with van der Waals surface area (Å²) in [7, 11) is 0. The van der Waals surface area contributed by atoms with E-state index in [1.165, 1.54) is 53.2 Å². The molecule has 1 aromatic heterocycles. The van der Waals surface area contributed by atoms with Crippen LogP contribution in [0, 0.1) is 10.1 Å². The Kier molecular flexibility index (Phi) is 9.09. The Morgan fingerprint density at radius 3 is 2.32 bits per heavy atom. The lowest BCUT2D eigenvalue weighted by Crippen LogP contribution is -2.08. The van der Waals surface area contributed by atoms with Gasteiger partial charge in [0.2, 0.25) is 5.91 Å². The zero-order valence-electron chi connectivity index (χ0n) is 21.7. The lowest BCUT2D eigenvalue weighted by Gasteiger charge is -2.09. The SMILES string of the molecule is CCOCCOc1nc(-c2ccc(C(F)(F)F)cc2)n(-c2ccc(NC(=O)C=Cc3ccc([N+](=O)[O-])cc3)cc2)n1. The highest BCUT2D eigenvalue weighted by Crippen LogP contribution is 2.31. The van der Waals surface area contributed by atoms with E-state index in [1.807, 2.05) is 6.92 Å². The molecule has 0 atom stereocenters. The summed E-state index contributed by atoms with van der Waals surface area (Å²) < 4.78 is 51.4. The maximum absolute atomic E-state index is 13.1. The van der Waals surface area contributed by atoms with Gasteiger partial charge in [0, 0.05) is 36.1 Å². The van der Waals surface area contributed by atoms with Crippen molar-refractivity contribution in [2.45, 2.75) is 13.1 Å². The van der Waals surface area contributed by atoms with Crippen LogP contribution in [-0.2, 0) is 15.7 Å².